The van der Waals surface area contributed by atoms with E-state index in [0.717, 1.165) is 26.2 Å². The largest absolute Gasteiger partial charge is 0.390 e. The summed E-state index contributed by atoms with van der Waals surface area (Å²) in [6.45, 7) is 7.60. The van der Waals surface area contributed by atoms with Crippen LogP contribution in [0.5, 0.6) is 0 Å². The molecule has 2 N–H and O–H groups in total. The highest BCUT2D eigenvalue weighted by Crippen LogP contribution is 2.18. The molecule has 4 heteroatoms. The van der Waals surface area contributed by atoms with Crippen molar-refractivity contribution in [3.63, 3.8) is 0 Å². The summed E-state index contributed by atoms with van der Waals surface area (Å²) in [5.41, 5.74) is 0. The van der Waals surface area contributed by atoms with Crippen molar-refractivity contribution >= 4 is 0 Å². The summed E-state index contributed by atoms with van der Waals surface area (Å²) in [5, 5.41) is 13.0. The zero-order chi connectivity index (χ0) is 10.1. The molecule has 2 rings (SSSR count). The first-order valence-electron chi connectivity index (χ1n) is 5.44. The second kappa shape index (κ2) is 4.14. The maximum absolute atomic E-state index is 9.80. The maximum Gasteiger partial charge on any atom is 0.0831 e. The summed E-state index contributed by atoms with van der Waals surface area (Å²) in [7, 11) is 0. The third kappa shape index (κ3) is 1.93. The molecule has 82 valence electrons. The predicted molar refractivity (Wildman–Crippen MR) is 54.2 cm³/mol. The molecule has 4 nitrogen and oxygen atoms in total. The van der Waals surface area contributed by atoms with E-state index in [1.807, 2.05) is 0 Å². The van der Waals surface area contributed by atoms with Gasteiger partial charge >= 0.3 is 0 Å². The molecule has 14 heavy (non-hydrogen) atoms. The molecular weight excluding hydrogens is 180 g/mol. The van der Waals surface area contributed by atoms with E-state index in [9.17, 15) is 5.11 Å². The van der Waals surface area contributed by atoms with Crippen LogP contribution in [0.3, 0.4) is 0 Å². The van der Waals surface area contributed by atoms with Gasteiger partial charge in [-0.1, -0.05) is 0 Å². The number of hydrogen-bond acceptors (Lipinski definition) is 4. The summed E-state index contributed by atoms with van der Waals surface area (Å²) < 4.78 is 5.57. The number of aliphatic hydroxyl groups is 1. The topological polar surface area (TPSA) is 44.7 Å². The van der Waals surface area contributed by atoms with E-state index < -0.39 is 0 Å². The normalized spacial score (nSPS) is 45.6. The zero-order valence-electron chi connectivity index (χ0n) is 8.94. The lowest BCUT2D eigenvalue weighted by Gasteiger charge is -2.41. The van der Waals surface area contributed by atoms with Gasteiger partial charge in [0.05, 0.1) is 18.8 Å². The van der Waals surface area contributed by atoms with Crippen molar-refractivity contribution < 1.29 is 9.84 Å². The van der Waals surface area contributed by atoms with Crippen LogP contribution >= 0.6 is 0 Å². The highest BCUT2D eigenvalue weighted by Gasteiger charge is 2.36. The van der Waals surface area contributed by atoms with Crippen molar-refractivity contribution in [2.75, 3.05) is 26.2 Å². The quantitative estimate of drug-likeness (QED) is 0.595. The molecule has 2 saturated heterocycles. The first-order valence-corrected chi connectivity index (χ1v) is 5.44. The molecule has 0 bridgehead atoms. The molecule has 0 radical (unpaired) electrons. The average Bonchev–Trinajstić information content (AvgIpc) is 2.56. The number of nitrogens with zero attached hydrogens (tertiary/aromatic N) is 1. The highest BCUT2D eigenvalue weighted by atomic mass is 16.5. The minimum absolute atomic E-state index is 0.220. The van der Waals surface area contributed by atoms with Gasteiger partial charge in [-0.2, -0.15) is 0 Å². The lowest BCUT2D eigenvalue weighted by atomic mass is 10.1. The van der Waals surface area contributed by atoms with Crippen molar-refractivity contribution in [3.05, 3.63) is 0 Å². The van der Waals surface area contributed by atoms with Crippen LogP contribution in [-0.4, -0.2) is 60.5 Å². The van der Waals surface area contributed by atoms with Crippen LogP contribution in [0, 0.1) is 0 Å². The van der Waals surface area contributed by atoms with Crippen LogP contribution in [0.2, 0.25) is 0 Å². The Morgan fingerprint density at radius 2 is 2.14 bits per heavy atom. The van der Waals surface area contributed by atoms with E-state index in [1.165, 1.54) is 0 Å². The van der Waals surface area contributed by atoms with Gasteiger partial charge in [0.2, 0.25) is 0 Å². The lowest BCUT2D eigenvalue weighted by molar-refractivity contribution is -0.0776. The molecule has 0 aromatic rings. The Morgan fingerprint density at radius 1 is 1.36 bits per heavy atom. The molecule has 4 atom stereocenters. The Balaban J connectivity index is 2.00. The Bertz CT molecular complexity index is 201. The molecule has 0 aromatic heterocycles. The van der Waals surface area contributed by atoms with Crippen LogP contribution in [0.4, 0.5) is 0 Å². The van der Waals surface area contributed by atoms with E-state index in [4.69, 9.17) is 4.74 Å². The second-order valence-electron chi connectivity index (χ2n) is 4.48. The van der Waals surface area contributed by atoms with E-state index in [1.54, 1.807) is 0 Å². The fraction of sp³-hybridized carbons (Fsp3) is 1.00. The molecule has 0 aliphatic carbocycles. The Morgan fingerprint density at radius 3 is 2.79 bits per heavy atom. The van der Waals surface area contributed by atoms with Gasteiger partial charge in [0.15, 0.2) is 0 Å². The lowest BCUT2D eigenvalue weighted by Crippen LogP contribution is -2.55. The third-order valence-electron chi connectivity index (χ3n) is 3.23. The van der Waals surface area contributed by atoms with E-state index >= 15 is 0 Å². The smallest absolute Gasteiger partial charge is 0.0831 e. The minimum Gasteiger partial charge on any atom is -0.390 e. The number of β-amino-alcohol motifs (C(OH)–C–C–N with tert-alkyl or cyclic N) is 1. The van der Waals surface area contributed by atoms with Crippen LogP contribution < -0.4 is 5.32 Å². The second-order valence-corrected chi connectivity index (χ2v) is 4.48. The Hall–Kier alpha value is -0.160. The monoisotopic (exact) mass is 200 g/mol. The molecule has 0 amide bonds. The highest BCUT2D eigenvalue weighted by molar-refractivity contribution is 4.92. The fourth-order valence-corrected chi connectivity index (χ4v) is 2.38. The zero-order valence-corrected chi connectivity index (χ0v) is 8.94. The maximum atomic E-state index is 9.80. The molecule has 2 fully saturated rings. The summed E-state index contributed by atoms with van der Waals surface area (Å²) in [6, 6.07) is 0.696. The molecule has 4 unspecified atom stereocenters. The van der Waals surface area contributed by atoms with E-state index in [2.05, 4.69) is 24.1 Å². The molecule has 2 aliphatic rings. The number of ether oxygens (including phenoxy) is 1. The summed E-state index contributed by atoms with van der Waals surface area (Å²) in [5.74, 6) is 0. The summed E-state index contributed by atoms with van der Waals surface area (Å²) in [4.78, 5) is 2.37. The van der Waals surface area contributed by atoms with Crippen molar-refractivity contribution in [2.24, 2.45) is 0 Å². The van der Waals surface area contributed by atoms with Crippen LogP contribution in [-0.2, 0) is 4.74 Å². The van der Waals surface area contributed by atoms with Crippen LogP contribution in [0.1, 0.15) is 13.8 Å². The minimum atomic E-state index is -0.220. The number of rotatable bonds is 1. The molecular formula is C10H20N2O2. The van der Waals surface area contributed by atoms with Crippen molar-refractivity contribution in [1.82, 2.24) is 10.2 Å². The SMILES string of the molecule is CC1CN(C2CNCC2O)C(C)CO1. The van der Waals surface area contributed by atoms with Gasteiger partial charge in [0.1, 0.15) is 0 Å². The Labute approximate surface area is 85.2 Å². The number of hydrogen-bond donors (Lipinski definition) is 2. The number of aliphatic hydroxyl groups excluding tert-OH is 1. The van der Waals surface area contributed by atoms with Gasteiger partial charge in [0, 0.05) is 31.7 Å². The van der Waals surface area contributed by atoms with Gasteiger partial charge < -0.3 is 15.2 Å². The third-order valence-corrected chi connectivity index (χ3v) is 3.23. The number of nitrogens with one attached hydrogen (secondary N) is 1. The molecule has 0 aromatic carbocycles. The summed E-state index contributed by atoms with van der Waals surface area (Å²) in [6.07, 6.45) is 0.0711. The van der Waals surface area contributed by atoms with Crippen molar-refractivity contribution in [1.29, 1.82) is 0 Å². The molecule has 0 spiro atoms. The Kier molecular flexibility index (Phi) is 3.07. The van der Waals surface area contributed by atoms with Crippen LogP contribution in [0.15, 0.2) is 0 Å². The van der Waals surface area contributed by atoms with Gasteiger partial charge in [-0.05, 0) is 13.8 Å². The molecule has 2 heterocycles. The average molecular weight is 200 g/mol. The predicted octanol–water partition coefficient (Wildman–Crippen LogP) is -0.572. The van der Waals surface area contributed by atoms with Gasteiger partial charge in [-0.25, -0.2) is 0 Å². The van der Waals surface area contributed by atoms with Crippen molar-refractivity contribution in [3.8, 4) is 0 Å². The van der Waals surface area contributed by atoms with Gasteiger partial charge in [-0.3, -0.25) is 4.90 Å². The fourth-order valence-electron chi connectivity index (χ4n) is 2.38. The number of morpholine rings is 1. The molecule has 2 aliphatic heterocycles. The first-order chi connectivity index (χ1) is 6.68. The summed E-state index contributed by atoms with van der Waals surface area (Å²) >= 11 is 0. The van der Waals surface area contributed by atoms with Gasteiger partial charge in [0.25, 0.3) is 0 Å². The van der Waals surface area contributed by atoms with E-state index in [0.29, 0.717) is 12.1 Å². The standard InChI is InChI=1S/C10H20N2O2/c1-7-6-14-8(2)5-12(7)9-3-11-4-10(9)13/h7-11,13H,3-6H2,1-2H3. The first kappa shape index (κ1) is 10.4. The van der Waals surface area contributed by atoms with Gasteiger partial charge in [-0.15, -0.1) is 0 Å². The van der Waals surface area contributed by atoms with Crippen LogP contribution in [0.25, 0.3) is 0 Å². The van der Waals surface area contributed by atoms with Crippen molar-refractivity contribution in [2.45, 2.75) is 38.1 Å². The van der Waals surface area contributed by atoms with E-state index in [-0.39, 0.29) is 12.1 Å². The molecule has 0 saturated carbocycles.